The van der Waals surface area contributed by atoms with Gasteiger partial charge in [-0.2, -0.15) is 5.10 Å². The van der Waals surface area contributed by atoms with Gasteiger partial charge in [-0.3, -0.25) is 9.89 Å². The van der Waals surface area contributed by atoms with Crippen LogP contribution in [0.25, 0.3) is 0 Å². The summed E-state index contributed by atoms with van der Waals surface area (Å²) in [5, 5.41) is 11.0. The van der Waals surface area contributed by atoms with Crippen LogP contribution in [0.1, 0.15) is 41.7 Å². The first-order chi connectivity index (χ1) is 11.1. The van der Waals surface area contributed by atoms with Crippen LogP contribution in [0.15, 0.2) is 4.52 Å². The molecule has 1 amide bonds. The van der Waals surface area contributed by atoms with Gasteiger partial charge >= 0.3 is 0 Å². The zero-order valence-corrected chi connectivity index (χ0v) is 13.6. The van der Waals surface area contributed by atoms with Crippen LogP contribution >= 0.6 is 0 Å². The lowest BCUT2D eigenvalue weighted by molar-refractivity contribution is -0.138. The maximum absolute atomic E-state index is 12.6. The highest BCUT2D eigenvalue weighted by Crippen LogP contribution is 2.21. The number of ether oxygens (including phenoxy) is 1. The van der Waals surface area contributed by atoms with Crippen molar-refractivity contribution in [3.8, 4) is 0 Å². The van der Waals surface area contributed by atoms with E-state index < -0.39 is 0 Å². The van der Waals surface area contributed by atoms with E-state index in [9.17, 15) is 4.79 Å². The normalized spacial score (nSPS) is 18.4. The number of aryl methyl sites for hydroxylation is 3. The number of nitrogens with zero attached hydrogens (tertiary/aromatic N) is 4. The number of aromatic amines is 1. The van der Waals surface area contributed by atoms with E-state index in [0.29, 0.717) is 37.7 Å². The van der Waals surface area contributed by atoms with Crippen molar-refractivity contribution >= 4 is 5.91 Å². The summed E-state index contributed by atoms with van der Waals surface area (Å²) in [5.41, 5.74) is 1.63. The maximum Gasteiger partial charge on any atom is 0.227 e. The van der Waals surface area contributed by atoms with Crippen LogP contribution in [0.5, 0.6) is 0 Å². The zero-order valence-electron chi connectivity index (χ0n) is 13.6. The summed E-state index contributed by atoms with van der Waals surface area (Å²) in [7, 11) is 0. The molecule has 1 saturated heterocycles. The predicted octanol–water partition coefficient (Wildman–Crippen LogP) is 1.11. The number of morpholine rings is 1. The van der Waals surface area contributed by atoms with E-state index in [1.807, 2.05) is 20.8 Å². The molecule has 0 saturated carbocycles. The van der Waals surface area contributed by atoms with Crippen molar-refractivity contribution in [1.29, 1.82) is 0 Å². The molecule has 3 heterocycles. The molecule has 0 aromatic carbocycles. The Morgan fingerprint density at radius 3 is 2.91 bits per heavy atom. The van der Waals surface area contributed by atoms with E-state index in [1.165, 1.54) is 0 Å². The summed E-state index contributed by atoms with van der Waals surface area (Å²) >= 11 is 0. The Labute approximate surface area is 134 Å². The number of carbonyl (C=O) groups excluding carboxylic acids is 1. The molecular formula is C15H21N5O3. The fourth-order valence-electron chi connectivity index (χ4n) is 2.66. The van der Waals surface area contributed by atoms with E-state index in [1.54, 1.807) is 4.90 Å². The molecule has 0 aliphatic carbocycles. The molecule has 1 atom stereocenters. The van der Waals surface area contributed by atoms with Gasteiger partial charge in [0, 0.05) is 18.5 Å². The molecule has 1 fully saturated rings. The molecule has 8 nitrogen and oxygen atoms in total. The van der Waals surface area contributed by atoms with Crippen LogP contribution in [0.3, 0.4) is 0 Å². The number of hydrogen-bond acceptors (Lipinski definition) is 6. The van der Waals surface area contributed by atoms with Crippen molar-refractivity contribution in [3.05, 3.63) is 28.7 Å². The highest BCUT2D eigenvalue weighted by molar-refractivity contribution is 5.79. The number of aromatic nitrogens is 4. The van der Waals surface area contributed by atoms with Gasteiger partial charge in [-0.1, -0.05) is 12.1 Å². The summed E-state index contributed by atoms with van der Waals surface area (Å²) in [6, 6.07) is 0. The van der Waals surface area contributed by atoms with Crippen molar-refractivity contribution in [2.45, 2.75) is 39.7 Å². The molecule has 0 radical (unpaired) electrons. The minimum atomic E-state index is -0.283. The van der Waals surface area contributed by atoms with Gasteiger partial charge in [-0.15, -0.1) is 0 Å². The second-order valence-corrected chi connectivity index (χ2v) is 5.67. The summed E-state index contributed by atoms with van der Waals surface area (Å²) in [5.74, 6) is 2.17. The Kier molecular flexibility index (Phi) is 4.42. The monoisotopic (exact) mass is 319 g/mol. The number of carbonyl (C=O) groups is 1. The molecule has 0 bridgehead atoms. The van der Waals surface area contributed by atoms with Crippen LogP contribution in [0, 0.1) is 13.8 Å². The van der Waals surface area contributed by atoms with Crippen molar-refractivity contribution in [3.63, 3.8) is 0 Å². The van der Waals surface area contributed by atoms with Crippen LogP contribution in [-0.2, 0) is 22.4 Å². The molecule has 1 N–H and O–H groups in total. The summed E-state index contributed by atoms with van der Waals surface area (Å²) in [6.45, 7) is 7.19. The third-order valence-corrected chi connectivity index (χ3v) is 4.10. The SMILES string of the molecule is CCc1nc(C2CN(C(=O)Cc3c(C)noc3C)CCO2)n[nH]1. The second kappa shape index (κ2) is 6.49. The van der Waals surface area contributed by atoms with Gasteiger partial charge < -0.3 is 14.2 Å². The lowest BCUT2D eigenvalue weighted by Crippen LogP contribution is -2.43. The highest BCUT2D eigenvalue weighted by atomic mass is 16.5. The minimum absolute atomic E-state index is 0.0407. The third-order valence-electron chi connectivity index (χ3n) is 4.10. The first kappa shape index (κ1) is 15.7. The van der Waals surface area contributed by atoms with Crippen LogP contribution in [0.2, 0.25) is 0 Å². The fourth-order valence-corrected chi connectivity index (χ4v) is 2.66. The summed E-state index contributed by atoms with van der Waals surface area (Å²) < 4.78 is 10.8. The topological polar surface area (TPSA) is 97.1 Å². The van der Waals surface area contributed by atoms with Crippen LogP contribution in [-0.4, -0.2) is 50.8 Å². The molecule has 3 rings (SSSR count). The molecule has 124 valence electrons. The second-order valence-electron chi connectivity index (χ2n) is 5.67. The van der Waals surface area contributed by atoms with Gasteiger partial charge in [0.05, 0.1) is 25.3 Å². The Morgan fingerprint density at radius 1 is 1.43 bits per heavy atom. The Hall–Kier alpha value is -2.22. The summed E-state index contributed by atoms with van der Waals surface area (Å²) in [6.07, 6.45) is 0.796. The molecule has 2 aromatic heterocycles. The smallest absolute Gasteiger partial charge is 0.227 e. The van der Waals surface area contributed by atoms with Crippen molar-refractivity contribution in [2.24, 2.45) is 0 Å². The molecular weight excluding hydrogens is 298 g/mol. The van der Waals surface area contributed by atoms with Crippen molar-refractivity contribution in [1.82, 2.24) is 25.2 Å². The first-order valence-corrected chi connectivity index (χ1v) is 7.80. The first-order valence-electron chi connectivity index (χ1n) is 7.80. The maximum atomic E-state index is 12.6. The fraction of sp³-hybridized carbons (Fsp3) is 0.600. The van der Waals surface area contributed by atoms with Crippen LogP contribution < -0.4 is 0 Å². The zero-order chi connectivity index (χ0) is 16.4. The number of amides is 1. The number of rotatable bonds is 4. The van der Waals surface area contributed by atoms with Gasteiger partial charge in [0.25, 0.3) is 0 Å². The van der Waals surface area contributed by atoms with E-state index in [-0.39, 0.29) is 12.0 Å². The Bertz CT molecular complexity index is 674. The molecule has 1 unspecified atom stereocenters. The van der Waals surface area contributed by atoms with E-state index >= 15 is 0 Å². The third kappa shape index (κ3) is 3.26. The van der Waals surface area contributed by atoms with Crippen molar-refractivity contribution < 1.29 is 14.1 Å². The van der Waals surface area contributed by atoms with E-state index in [2.05, 4.69) is 20.3 Å². The van der Waals surface area contributed by atoms with E-state index in [0.717, 1.165) is 23.5 Å². The Morgan fingerprint density at radius 2 is 2.26 bits per heavy atom. The van der Waals surface area contributed by atoms with Gasteiger partial charge in [-0.25, -0.2) is 4.98 Å². The average molecular weight is 319 g/mol. The lowest BCUT2D eigenvalue weighted by atomic mass is 10.1. The molecule has 23 heavy (non-hydrogen) atoms. The molecule has 1 aliphatic rings. The van der Waals surface area contributed by atoms with E-state index in [4.69, 9.17) is 9.26 Å². The predicted molar refractivity (Wildman–Crippen MR) is 80.7 cm³/mol. The standard InChI is InChI=1S/C15H21N5O3/c1-4-13-16-15(18-17-13)12-8-20(5-6-22-12)14(21)7-11-9(2)19-23-10(11)3/h12H,4-8H2,1-3H3,(H,16,17,18). The van der Waals surface area contributed by atoms with Gasteiger partial charge in [0.15, 0.2) is 5.82 Å². The molecule has 2 aromatic rings. The molecule has 8 heteroatoms. The highest BCUT2D eigenvalue weighted by Gasteiger charge is 2.28. The molecule has 1 aliphatic heterocycles. The van der Waals surface area contributed by atoms with Crippen molar-refractivity contribution in [2.75, 3.05) is 19.7 Å². The van der Waals surface area contributed by atoms with Gasteiger partial charge in [0.2, 0.25) is 5.91 Å². The largest absolute Gasteiger partial charge is 0.366 e. The van der Waals surface area contributed by atoms with Gasteiger partial charge in [-0.05, 0) is 13.8 Å². The average Bonchev–Trinajstić information content (AvgIpc) is 3.17. The molecule has 0 spiro atoms. The number of nitrogens with one attached hydrogen (secondary N) is 1. The number of H-pyrrole nitrogens is 1. The summed E-state index contributed by atoms with van der Waals surface area (Å²) in [4.78, 5) is 18.7. The number of hydrogen-bond donors (Lipinski definition) is 1. The van der Waals surface area contributed by atoms with Gasteiger partial charge in [0.1, 0.15) is 17.7 Å². The minimum Gasteiger partial charge on any atom is -0.366 e. The van der Waals surface area contributed by atoms with Crippen LogP contribution in [0.4, 0.5) is 0 Å². The Balaban J connectivity index is 1.67. The quantitative estimate of drug-likeness (QED) is 0.907. The lowest BCUT2D eigenvalue weighted by Gasteiger charge is -2.31.